The van der Waals surface area contributed by atoms with Crippen LogP contribution < -0.4 is 0 Å². The molecule has 0 aromatic heterocycles. The molecule has 3 nitrogen and oxygen atoms in total. The predicted molar refractivity (Wildman–Crippen MR) is 79.0 cm³/mol. The Morgan fingerprint density at radius 1 is 1.24 bits per heavy atom. The minimum absolute atomic E-state index is 0.135. The lowest BCUT2D eigenvalue weighted by molar-refractivity contribution is 0.0340. The van der Waals surface area contributed by atoms with Crippen molar-refractivity contribution in [3.63, 3.8) is 0 Å². The van der Waals surface area contributed by atoms with E-state index >= 15 is 0 Å². The maximum atomic E-state index is 13.7. The van der Waals surface area contributed by atoms with Crippen molar-refractivity contribution >= 4 is 0 Å². The fourth-order valence-corrected chi connectivity index (χ4v) is 3.07. The number of rotatable bonds is 5. The zero-order valence-electron chi connectivity index (χ0n) is 12.7. The van der Waals surface area contributed by atoms with Gasteiger partial charge in [0.15, 0.2) is 0 Å². The van der Waals surface area contributed by atoms with Crippen molar-refractivity contribution in [3.05, 3.63) is 35.4 Å². The Hall–Kier alpha value is -1.04. The highest BCUT2D eigenvalue weighted by molar-refractivity contribution is 5.19. The van der Waals surface area contributed by atoms with Gasteiger partial charge in [0.25, 0.3) is 0 Å². The highest BCUT2D eigenvalue weighted by Crippen LogP contribution is 2.20. The van der Waals surface area contributed by atoms with E-state index in [1.807, 2.05) is 0 Å². The van der Waals surface area contributed by atoms with Crippen LogP contribution in [-0.4, -0.2) is 53.2 Å². The number of halogens is 2. The fraction of sp³-hybridized carbons (Fsp3) is 0.625. The van der Waals surface area contributed by atoms with Crippen LogP contribution in [0.25, 0.3) is 0 Å². The Morgan fingerprint density at radius 3 is 2.48 bits per heavy atom. The monoisotopic (exact) mass is 298 g/mol. The van der Waals surface area contributed by atoms with Crippen LogP contribution in [0.4, 0.5) is 8.78 Å². The van der Waals surface area contributed by atoms with Crippen LogP contribution in [0.1, 0.15) is 25.8 Å². The van der Waals surface area contributed by atoms with E-state index in [0.717, 1.165) is 19.6 Å². The maximum absolute atomic E-state index is 13.7. The van der Waals surface area contributed by atoms with Gasteiger partial charge in [-0.25, -0.2) is 8.78 Å². The van der Waals surface area contributed by atoms with Gasteiger partial charge in [-0.05, 0) is 32.4 Å². The SMILES string of the molecule is CC(C)N1CCN(Cc2c(F)cccc2F)C[C@@H]1CCO. The zero-order valence-corrected chi connectivity index (χ0v) is 12.7. The van der Waals surface area contributed by atoms with Crippen molar-refractivity contribution < 1.29 is 13.9 Å². The van der Waals surface area contributed by atoms with E-state index in [0.29, 0.717) is 12.5 Å². The predicted octanol–water partition coefficient (Wildman–Crippen LogP) is 2.24. The van der Waals surface area contributed by atoms with Gasteiger partial charge in [0.05, 0.1) is 0 Å². The van der Waals surface area contributed by atoms with Gasteiger partial charge in [0.1, 0.15) is 11.6 Å². The minimum Gasteiger partial charge on any atom is -0.396 e. The normalized spacial score (nSPS) is 21.1. The molecule has 1 saturated heterocycles. The van der Waals surface area contributed by atoms with Crippen molar-refractivity contribution in [2.45, 2.75) is 38.9 Å². The Kier molecular flexibility index (Phi) is 5.67. The van der Waals surface area contributed by atoms with Crippen LogP contribution in [-0.2, 0) is 6.54 Å². The van der Waals surface area contributed by atoms with Crippen molar-refractivity contribution in [2.24, 2.45) is 0 Å². The summed E-state index contributed by atoms with van der Waals surface area (Å²) in [6.45, 7) is 7.06. The molecule has 0 radical (unpaired) electrons. The molecule has 0 aliphatic carbocycles. The Morgan fingerprint density at radius 2 is 1.90 bits per heavy atom. The Bertz CT molecular complexity index is 447. The van der Waals surface area contributed by atoms with Gasteiger partial charge >= 0.3 is 0 Å². The summed E-state index contributed by atoms with van der Waals surface area (Å²) in [7, 11) is 0. The van der Waals surface area contributed by atoms with Gasteiger partial charge in [-0.1, -0.05) is 6.07 Å². The van der Waals surface area contributed by atoms with Crippen LogP contribution in [0.2, 0.25) is 0 Å². The highest BCUT2D eigenvalue weighted by atomic mass is 19.1. The Labute approximate surface area is 125 Å². The molecular formula is C16H24F2N2O. The largest absolute Gasteiger partial charge is 0.396 e. The number of piperazine rings is 1. The van der Waals surface area contributed by atoms with E-state index in [2.05, 4.69) is 23.6 Å². The Balaban J connectivity index is 2.05. The third-order valence-electron chi connectivity index (χ3n) is 4.18. The van der Waals surface area contributed by atoms with Crippen LogP contribution in [0.5, 0.6) is 0 Å². The lowest BCUT2D eigenvalue weighted by Crippen LogP contribution is -2.55. The standard InChI is InChI=1S/C16H24F2N2O/c1-12(2)20-8-7-19(10-13(20)6-9-21)11-14-15(17)4-3-5-16(14)18/h3-5,12-13,21H,6-11H2,1-2H3/t13-/m0/s1. The molecule has 1 fully saturated rings. The van der Waals surface area contributed by atoms with E-state index < -0.39 is 11.6 Å². The topological polar surface area (TPSA) is 26.7 Å². The molecule has 5 heteroatoms. The molecular weight excluding hydrogens is 274 g/mol. The summed E-state index contributed by atoms with van der Waals surface area (Å²) in [5, 5.41) is 9.22. The average molecular weight is 298 g/mol. The van der Waals surface area contributed by atoms with Gasteiger partial charge in [-0.15, -0.1) is 0 Å². The smallest absolute Gasteiger partial charge is 0.130 e. The second-order valence-electron chi connectivity index (χ2n) is 5.93. The van der Waals surface area contributed by atoms with Crippen molar-refractivity contribution in [3.8, 4) is 0 Å². The molecule has 21 heavy (non-hydrogen) atoms. The van der Waals surface area contributed by atoms with E-state index in [9.17, 15) is 13.9 Å². The quantitative estimate of drug-likeness (QED) is 0.903. The summed E-state index contributed by atoms with van der Waals surface area (Å²) in [5.41, 5.74) is 0.137. The molecule has 1 aliphatic rings. The highest BCUT2D eigenvalue weighted by Gasteiger charge is 2.28. The number of hydrogen-bond acceptors (Lipinski definition) is 3. The summed E-state index contributed by atoms with van der Waals surface area (Å²) >= 11 is 0. The van der Waals surface area contributed by atoms with Crippen LogP contribution in [0.15, 0.2) is 18.2 Å². The third-order valence-corrected chi connectivity index (χ3v) is 4.18. The fourth-order valence-electron chi connectivity index (χ4n) is 3.07. The first kappa shape index (κ1) is 16.3. The van der Waals surface area contributed by atoms with E-state index in [1.165, 1.54) is 18.2 Å². The van der Waals surface area contributed by atoms with Gasteiger partial charge in [-0.3, -0.25) is 9.80 Å². The molecule has 1 atom stereocenters. The molecule has 1 aliphatic heterocycles. The number of aliphatic hydroxyl groups is 1. The van der Waals surface area contributed by atoms with Gasteiger partial charge in [-0.2, -0.15) is 0 Å². The summed E-state index contributed by atoms with van der Waals surface area (Å²) in [6, 6.07) is 4.63. The summed E-state index contributed by atoms with van der Waals surface area (Å²) < 4.78 is 27.5. The van der Waals surface area contributed by atoms with Gasteiger partial charge in [0, 0.05) is 50.4 Å². The average Bonchev–Trinajstić information content (AvgIpc) is 2.43. The minimum atomic E-state index is -0.486. The number of aliphatic hydroxyl groups excluding tert-OH is 1. The first-order valence-electron chi connectivity index (χ1n) is 7.54. The molecule has 1 N–H and O–H groups in total. The van der Waals surface area contributed by atoms with Gasteiger partial charge < -0.3 is 5.11 Å². The summed E-state index contributed by atoms with van der Waals surface area (Å²) in [4.78, 5) is 4.42. The molecule has 0 amide bonds. The zero-order chi connectivity index (χ0) is 15.4. The second kappa shape index (κ2) is 7.29. The van der Waals surface area contributed by atoms with Gasteiger partial charge in [0.2, 0.25) is 0 Å². The molecule has 0 spiro atoms. The maximum Gasteiger partial charge on any atom is 0.130 e. The number of nitrogens with zero attached hydrogens (tertiary/aromatic N) is 2. The third kappa shape index (κ3) is 3.99. The van der Waals surface area contributed by atoms with Crippen LogP contribution >= 0.6 is 0 Å². The molecule has 0 bridgehead atoms. The van der Waals surface area contributed by atoms with Crippen LogP contribution in [0, 0.1) is 11.6 Å². The lowest BCUT2D eigenvalue weighted by Gasteiger charge is -2.43. The summed E-state index contributed by atoms with van der Waals surface area (Å²) in [5.74, 6) is -0.972. The first-order valence-corrected chi connectivity index (χ1v) is 7.54. The molecule has 1 aromatic carbocycles. The van der Waals surface area contributed by atoms with Crippen molar-refractivity contribution in [2.75, 3.05) is 26.2 Å². The number of hydrogen-bond donors (Lipinski definition) is 1. The van der Waals surface area contributed by atoms with Crippen molar-refractivity contribution in [1.82, 2.24) is 9.80 Å². The second-order valence-corrected chi connectivity index (χ2v) is 5.93. The first-order chi connectivity index (χ1) is 10.0. The molecule has 1 heterocycles. The van der Waals surface area contributed by atoms with Crippen LogP contribution in [0.3, 0.4) is 0 Å². The molecule has 1 aromatic rings. The van der Waals surface area contributed by atoms with Crippen molar-refractivity contribution in [1.29, 1.82) is 0 Å². The lowest BCUT2D eigenvalue weighted by atomic mass is 10.1. The van der Waals surface area contributed by atoms with E-state index in [-0.39, 0.29) is 24.8 Å². The molecule has 118 valence electrons. The van der Waals surface area contributed by atoms with E-state index in [1.54, 1.807) is 0 Å². The van der Waals surface area contributed by atoms with E-state index in [4.69, 9.17) is 0 Å². The molecule has 0 saturated carbocycles. The summed E-state index contributed by atoms with van der Waals surface area (Å²) in [6.07, 6.45) is 0.689. The molecule has 0 unspecified atom stereocenters. The molecule has 2 rings (SSSR count). The number of benzene rings is 1.